The van der Waals surface area contributed by atoms with E-state index in [1.165, 1.54) is 0 Å². The number of hydrogen-bond acceptors (Lipinski definition) is 3. The number of aromatic hydroxyl groups is 1. The Morgan fingerprint density at radius 3 is 2.74 bits per heavy atom. The van der Waals surface area contributed by atoms with E-state index in [0.717, 1.165) is 10.5 Å². The summed E-state index contributed by atoms with van der Waals surface area (Å²) >= 11 is 5.97. The molecule has 4 nitrogen and oxygen atoms in total. The van der Waals surface area contributed by atoms with E-state index in [1.807, 2.05) is 26.2 Å². The monoisotopic (exact) mass is 330 g/mol. The van der Waals surface area contributed by atoms with Crippen LogP contribution in [0, 0.1) is 0 Å². The molecule has 1 aliphatic heterocycles. The molecule has 1 heterocycles. The number of carbonyl (C=O) groups is 1. The average Bonchev–Trinajstić information content (AvgIpc) is 2.79. The molecule has 0 fully saturated rings. The maximum Gasteiger partial charge on any atom is 0.231 e. The van der Waals surface area contributed by atoms with Gasteiger partial charge in [-0.1, -0.05) is 23.7 Å². The Morgan fingerprint density at radius 1 is 1.26 bits per heavy atom. The van der Waals surface area contributed by atoms with Crippen LogP contribution in [0.3, 0.4) is 0 Å². The number of phenolic OH excluding ortho intramolecular Hbond substituents is 1. The SMILES string of the molecule is C[NH+](C)Cc1c(O)ccc2c1O/C(=C\c1cccc(Cl)c1)C2=O. The van der Waals surface area contributed by atoms with E-state index >= 15 is 0 Å². The number of nitrogens with one attached hydrogen (secondary N) is 1. The van der Waals surface area contributed by atoms with Crippen LogP contribution in [-0.4, -0.2) is 25.0 Å². The number of benzene rings is 2. The molecule has 0 bridgehead atoms. The van der Waals surface area contributed by atoms with Gasteiger partial charge in [0.1, 0.15) is 12.3 Å². The fraction of sp³-hybridized carbons (Fsp3) is 0.167. The molecule has 0 aromatic heterocycles. The molecule has 5 heteroatoms. The normalized spacial score (nSPS) is 15.1. The van der Waals surface area contributed by atoms with Crippen molar-refractivity contribution in [2.75, 3.05) is 14.1 Å². The molecule has 0 saturated heterocycles. The Hall–Kier alpha value is -2.30. The zero-order chi connectivity index (χ0) is 16.6. The minimum Gasteiger partial charge on any atom is -0.507 e. The average molecular weight is 331 g/mol. The summed E-state index contributed by atoms with van der Waals surface area (Å²) in [5, 5.41) is 10.7. The second-order valence-corrected chi connectivity index (χ2v) is 6.26. The molecule has 2 aromatic rings. The van der Waals surface area contributed by atoms with Crippen molar-refractivity contribution in [3.05, 3.63) is 63.9 Å². The Bertz CT molecular complexity index is 812. The van der Waals surface area contributed by atoms with Gasteiger partial charge in [0.15, 0.2) is 11.5 Å². The van der Waals surface area contributed by atoms with Gasteiger partial charge in [-0.25, -0.2) is 0 Å². The number of fused-ring (bicyclic) bond motifs is 1. The van der Waals surface area contributed by atoms with E-state index in [-0.39, 0.29) is 17.3 Å². The third-order valence-corrected chi connectivity index (χ3v) is 3.83. The highest BCUT2D eigenvalue weighted by Crippen LogP contribution is 2.39. The summed E-state index contributed by atoms with van der Waals surface area (Å²) in [6.45, 7) is 0.562. The lowest BCUT2D eigenvalue weighted by Crippen LogP contribution is -3.04. The molecule has 118 valence electrons. The van der Waals surface area contributed by atoms with Gasteiger partial charge in [0.25, 0.3) is 0 Å². The van der Waals surface area contributed by atoms with Crippen LogP contribution in [0.15, 0.2) is 42.2 Å². The molecule has 2 aromatic carbocycles. The number of allylic oxidation sites excluding steroid dienone is 1. The summed E-state index contributed by atoms with van der Waals surface area (Å²) in [5.41, 5.74) is 1.91. The topological polar surface area (TPSA) is 51.0 Å². The van der Waals surface area contributed by atoms with Crippen LogP contribution in [0.2, 0.25) is 5.02 Å². The van der Waals surface area contributed by atoms with Crippen molar-refractivity contribution in [1.82, 2.24) is 0 Å². The predicted octanol–water partition coefficient (Wildman–Crippen LogP) is 2.31. The third-order valence-electron chi connectivity index (χ3n) is 3.59. The van der Waals surface area contributed by atoms with Gasteiger partial charge in [-0.15, -0.1) is 0 Å². The number of ketones is 1. The number of hydrogen-bond donors (Lipinski definition) is 2. The molecule has 0 saturated carbocycles. The predicted molar refractivity (Wildman–Crippen MR) is 89.0 cm³/mol. The van der Waals surface area contributed by atoms with Crippen LogP contribution in [0.1, 0.15) is 21.5 Å². The van der Waals surface area contributed by atoms with Crippen molar-refractivity contribution < 1.29 is 19.5 Å². The quantitative estimate of drug-likeness (QED) is 0.849. The second-order valence-electron chi connectivity index (χ2n) is 5.82. The Balaban J connectivity index is 2.02. The number of halogens is 1. The van der Waals surface area contributed by atoms with Crippen molar-refractivity contribution in [3.8, 4) is 11.5 Å². The lowest BCUT2D eigenvalue weighted by atomic mass is 10.0. The third kappa shape index (κ3) is 3.09. The smallest absolute Gasteiger partial charge is 0.231 e. The number of Topliss-reactive ketones (excluding diaryl/α,β-unsaturated/α-hetero) is 1. The number of carbonyl (C=O) groups excluding carboxylic acids is 1. The first-order valence-electron chi connectivity index (χ1n) is 7.29. The van der Waals surface area contributed by atoms with Gasteiger partial charge >= 0.3 is 0 Å². The van der Waals surface area contributed by atoms with Gasteiger partial charge in [0, 0.05) is 5.02 Å². The minimum absolute atomic E-state index is 0.141. The van der Waals surface area contributed by atoms with Crippen LogP contribution in [-0.2, 0) is 6.54 Å². The summed E-state index contributed by atoms with van der Waals surface area (Å²) in [7, 11) is 3.94. The Labute approximate surface area is 139 Å². The highest BCUT2D eigenvalue weighted by atomic mass is 35.5. The Kier molecular flexibility index (Phi) is 4.11. The molecule has 0 unspecified atom stereocenters. The Morgan fingerprint density at radius 2 is 2.04 bits per heavy atom. The van der Waals surface area contributed by atoms with E-state index in [9.17, 15) is 9.90 Å². The molecule has 0 spiro atoms. The van der Waals surface area contributed by atoms with Crippen LogP contribution in [0.25, 0.3) is 6.08 Å². The van der Waals surface area contributed by atoms with Gasteiger partial charge < -0.3 is 14.7 Å². The molecule has 23 heavy (non-hydrogen) atoms. The number of ether oxygens (including phenoxy) is 1. The van der Waals surface area contributed by atoms with Gasteiger partial charge in [-0.05, 0) is 35.9 Å². The van der Waals surface area contributed by atoms with Gasteiger partial charge in [0.2, 0.25) is 5.78 Å². The van der Waals surface area contributed by atoms with Crippen molar-refractivity contribution in [1.29, 1.82) is 0 Å². The molecule has 3 rings (SSSR count). The molecule has 0 amide bonds. The van der Waals surface area contributed by atoms with Crippen LogP contribution >= 0.6 is 11.6 Å². The van der Waals surface area contributed by atoms with Crippen LogP contribution in [0.4, 0.5) is 0 Å². The molecule has 0 aliphatic carbocycles. The zero-order valence-corrected chi connectivity index (χ0v) is 13.6. The van der Waals surface area contributed by atoms with E-state index < -0.39 is 0 Å². The first kappa shape index (κ1) is 15.6. The fourth-order valence-corrected chi connectivity index (χ4v) is 2.77. The molecule has 0 atom stereocenters. The van der Waals surface area contributed by atoms with Crippen LogP contribution < -0.4 is 9.64 Å². The van der Waals surface area contributed by atoms with Crippen LogP contribution in [0.5, 0.6) is 11.5 Å². The van der Waals surface area contributed by atoms with E-state index in [0.29, 0.717) is 28.4 Å². The lowest BCUT2D eigenvalue weighted by molar-refractivity contribution is -0.872. The summed E-state index contributed by atoms with van der Waals surface area (Å²) in [5.74, 6) is 0.643. The molecule has 0 radical (unpaired) electrons. The zero-order valence-electron chi connectivity index (χ0n) is 12.9. The summed E-state index contributed by atoms with van der Waals surface area (Å²) in [4.78, 5) is 13.6. The van der Waals surface area contributed by atoms with Crippen molar-refractivity contribution in [2.24, 2.45) is 0 Å². The van der Waals surface area contributed by atoms with E-state index in [4.69, 9.17) is 16.3 Å². The van der Waals surface area contributed by atoms with E-state index in [1.54, 1.807) is 30.3 Å². The fourth-order valence-electron chi connectivity index (χ4n) is 2.57. The van der Waals surface area contributed by atoms with Gasteiger partial charge in [-0.3, -0.25) is 4.79 Å². The number of rotatable bonds is 3. The molecule has 1 aliphatic rings. The summed E-state index contributed by atoms with van der Waals surface area (Å²) in [6.07, 6.45) is 1.66. The summed E-state index contributed by atoms with van der Waals surface area (Å²) < 4.78 is 5.77. The molecular weight excluding hydrogens is 314 g/mol. The first-order chi connectivity index (χ1) is 11.0. The standard InChI is InChI=1S/C18H16ClNO3/c1-20(2)10-14-15(21)7-6-13-17(22)16(23-18(13)14)9-11-4-3-5-12(19)8-11/h3-9,21H,10H2,1-2H3/p+1/b16-9-. The highest BCUT2D eigenvalue weighted by Gasteiger charge is 2.31. The molecular formula is C18H17ClNO3+. The van der Waals surface area contributed by atoms with Crippen molar-refractivity contribution in [2.45, 2.75) is 6.54 Å². The highest BCUT2D eigenvalue weighted by molar-refractivity contribution is 6.30. The largest absolute Gasteiger partial charge is 0.507 e. The minimum atomic E-state index is -0.185. The summed E-state index contributed by atoms with van der Waals surface area (Å²) in [6, 6.07) is 10.3. The van der Waals surface area contributed by atoms with Gasteiger partial charge in [-0.2, -0.15) is 0 Å². The molecule has 2 N–H and O–H groups in total. The van der Waals surface area contributed by atoms with Gasteiger partial charge in [0.05, 0.1) is 25.2 Å². The van der Waals surface area contributed by atoms with E-state index in [2.05, 4.69) is 0 Å². The maximum absolute atomic E-state index is 12.5. The first-order valence-corrected chi connectivity index (χ1v) is 7.67. The van der Waals surface area contributed by atoms with Crippen molar-refractivity contribution in [3.63, 3.8) is 0 Å². The van der Waals surface area contributed by atoms with Crippen molar-refractivity contribution >= 4 is 23.5 Å². The second kappa shape index (κ2) is 6.07. The number of quaternary nitrogens is 1. The maximum atomic E-state index is 12.5. The lowest BCUT2D eigenvalue weighted by Gasteiger charge is -2.12. The number of phenols is 1.